The third kappa shape index (κ3) is 2.93. The van der Waals surface area contributed by atoms with Crippen LogP contribution in [0, 0.1) is 0 Å². The van der Waals surface area contributed by atoms with E-state index in [-0.39, 0.29) is 0 Å². The second-order valence-corrected chi connectivity index (χ2v) is 4.38. The number of rotatable bonds is 5. The lowest BCUT2D eigenvalue weighted by Crippen LogP contribution is -2.15. The Bertz CT molecular complexity index is 274. The third-order valence-corrected chi connectivity index (χ3v) is 3.53. The average molecular weight is 211 g/mol. The molecule has 2 N–H and O–H groups in total. The minimum Gasteiger partial charge on any atom is -0.496 e. The molecule has 2 nitrogen and oxygen atoms in total. The molecule has 0 saturated carbocycles. The van der Waals surface area contributed by atoms with Gasteiger partial charge in [-0.2, -0.15) is 0 Å². The Hall–Kier alpha value is -0.670. The summed E-state index contributed by atoms with van der Waals surface area (Å²) in [5.74, 6) is 0.935. The van der Waals surface area contributed by atoms with E-state index in [1.165, 1.54) is 4.90 Å². The van der Waals surface area contributed by atoms with Crippen LogP contribution in [0.25, 0.3) is 0 Å². The lowest BCUT2D eigenvalue weighted by molar-refractivity contribution is 0.404. The first-order valence-electron chi connectivity index (χ1n) is 4.81. The molecule has 0 aromatic heterocycles. The molecule has 0 fully saturated rings. The molecule has 3 heteroatoms. The van der Waals surface area contributed by atoms with Crippen molar-refractivity contribution >= 4 is 11.8 Å². The first-order chi connectivity index (χ1) is 6.81. The number of para-hydroxylation sites is 1. The summed E-state index contributed by atoms with van der Waals surface area (Å²) in [5.41, 5.74) is 5.66. The Morgan fingerprint density at radius 3 is 2.71 bits per heavy atom. The van der Waals surface area contributed by atoms with Gasteiger partial charge < -0.3 is 10.5 Å². The Balaban J connectivity index is 2.74. The van der Waals surface area contributed by atoms with Gasteiger partial charge in [0.05, 0.1) is 7.11 Å². The van der Waals surface area contributed by atoms with E-state index in [4.69, 9.17) is 10.5 Å². The maximum Gasteiger partial charge on any atom is 0.132 e. The number of methoxy groups -OCH3 is 1. The van der Waals surface area contributed by atoms with Crippen molar-refractivity contribution in [2.24, 2.45) is 5.73 Å². The molecule has 0 radical (unpaired) electrons. The van der Waals surface area contributed by atoms with E-state index < -0.39 is 0 Å². The van der Waals surface area contributed by atoms with Crippen LogP contribution in [0.15, 0.2) is 29.2 Å². The molecule has 0 saturated heterocycles. The van der Waals surface area contributed by atoms with Crippen molar-refractivity contribution in [2.75, 3.05) is 13.7 Å². The fraction of sp³-hybridized carbons (Fsp3) is 0.455. The summed E-state index contributed by atoms with van der Waals surface area (Å²) in [6.07, 6.45) is 1.08. The smallest absolute Gasteiger partial charge is 0.132 e. The number of nitrogens with two attached hydrogens (primary N) is 1. The molecule has 0 spiro atoms. The minimum absolute atomic E-state index is 0.478. The zero-order valence-corrected chi connectivity index (χ0v) is 9.51. The quantitative estimate of drug-likeness (QED) is 0.760. The van der Waals surface area contributed by atoms with Crippen LogP contribution >= 0.6 is 11.8 Å². The van der Waals surface area contributed by atoms with Gasteiger partial charge in [0.25, 0.3) is 0 Å². The molecule has 1 aromatic rings. The van der Waals surface area contributed by atoms with Crippen LogP contribution in [0.4, 0.5) is 0 Å². The molecule has 1 atom stereocenters. The van der Waals surface area contributed by atoms with Crippen LogP contribution in [0.1, 0.15) is 13.3 Å². The molecule has 1 unspecified atom stereocenters. The van der Waals surface area contributed by atoms with Crippen LogP contribution in [0.2, 0.25) is 0 Å². The van der Waals surface area contributed by atoms with Gasteiger partial charge in [0.2, 0.25) is 0 Å². The molecule has 1 rings (SSSR count). The average Bonchev–Trinajstić information content (AvgIpc) is 2.26. The maximum absolute atomic E-state index is 5.66. The van der Waals surface area contributed by atoms with Crippen molar-refractivity contribution in [2.45, 2.75) is 23.5 Å². The van der Waals surface area contributed by atoms with Gasteiger partial charge in [0.15, 0.2) is 0 Å². The van der Waals surface area contributed by atoms with E-state index >= 15 is 0 Å². The highest BCUT2D eigenvalue weighted by Gasteiger charge is 2.09. The van der Waals surface area contributed by atoms with Crippen LogP contribution in [0.3, 0.4) is 0 Å². The molecule has 1 aromatic carbocycles. The molecule has 0 amide bonds. The topological polar surface area (TPSA) is 35.2 Å². The van der Waals surface area contributed by atoms with Crippen molar-refractivity contribution in [1.82, 2.24) is 0 Å². The van der Waals surface area contributed by atoms with Gasteiger partial charge in [-0.3, -0.25) is 0 Å². The van der Waals surface area contributed by atoms with E-state index in [9.17, 15) is 0 Å². The van der Waals surface area contributed by atoms with E-state index in [1.54, 1.807) is 18.9 Å². The highest BCUT2D eigenvalue weighted by Crippen LogP contribution is 2.32. The largest absolute Gasteiger partial charge is 0.496 e. The van der Waals surface area contributed by atoms with Gasteiger partial charge in [-0.05, 0) is 18.6 Å². The third-order valence-electron chi connectivity index (χ3n) is 2.08. The van der Waals surface area contributed by atoms with Gasteiger partial charge in [0.1, 0.15) is 5.75 Å². The SMILES string of the molecule is CCC(CN)Sc1ccccc1OC. The number of ether oxygens (including phenoxy) is 1. The van der Waals surface area contributed by atoms with Gasteiger partial charge in [-0.1, -0.05) is 19.1 Å². The maximum atomic E-state index is 5.66. The Kier molecular flexibility index (Phi) is 4.84. The highest BCUT2D eigenvalue weighted by atomic mass is 32.2. The van der Waals surface area contributed by atoms with Crippen LogP contribution in [0.5, 0.6) is 5.75 Å². The molecule has 0 heterocycles. The zero-order valence-electron chi connectivity index (χ0n) is 8.69. The predicted molar refractivity (Wildman–Crippen MR) is 62.0 cm³/mol. The first kappa shape index (κ1) is 11.4. The van der Waals surface area contributed by atoms with Gasteiger partial charge in [-0.15, -0.1) is 11.8 Å². The Labute approximate surface area is 89.8 Å². The van der Waals surface area contributed by atoms with E-state index in [2.05, 4.69) is 13.0 Å². The van der Waals surface area contributed by atoms with Crippen LogP contribution in [-0.4, -0.2) is 18.9 Å². The second kappa shape index (κ2) is 5.94. The summed E-state index contributed by atoms with van der Waals surface area (Å²) in [6.45, 7) is 2.86. The number of benzene rings is 1. The molecule has 78 valence electrons. The van der Waals surface area contributed by atoms with Gasteiger partial charge >= 0.3 is 0 Å². The van der Waals surface area contributed by atoms with Gasteiger partial charge in [-0.25, -0.2) is 0 Å². The van der Waals surface area contributed by atoms with E-state index in [0.29, 0.717) is 11.8 Å². The van der Waals surface area contributed by atoms with Crippen molar-refractivity contribution in [1.29, 1.82) is 0 Å². The summed E-state index contributed by atoms with van der Waals surface area (Å²) in [4.78, 5) is 1.17. The molecular formula is C11H17NOS. The van der Waals surface area contributed by atoms with E-state index in [0.717, 1.165) is 12.2 Å². The number of thioether (sulfide) groups is 1. The number of hydrogen-bond acceptors (Lipinski definition) is 3. The zero-order chi connectivity index (χ0) is 10.4. The molecule has 0 aliphatic carbocycles. The van der Waals surface area contributed by atoms with Crippen molar-refractivity contribution < 1.29 is 4.74 Å². The molecular weight excluding hydrogens is 194 g/mol. The van der Waals surface area contributed by atoms with Crippen LogP contribution in [-0.2, 0) is 0 Å². The second-order valence-electron chi connectivity index (χ2n) is 3.03. The summed E-state index contributed by atoms with van der Waals surface area (Å²) < 4.78 is 5.27. The lowest BCUT2D eigenvalue weighted by atomic mass is 10.3. The van der Waals surface area contributed by atoms with Crippen molar-refractivity contribution in [3.05, 3.63) is 24.3 Å². The van der Waals surface area contributed by atoms with Crippen molar-refractivity contribution in [3.8, 4) is 5.75 Å². The minimum atomic E-state index is 0.478. The Morgan fingerprint density at radius 1 is 1.43 bits per heavy atom. The number of hydrogen-bond donors (Lipinski definition) is 1. The summed E-state index contributed by atoms with van der Waals surface area (Å²) in [7, 11) is 1.70. The Morgan fingerprint density at radius 2 is 2.14 bits per heavy atom. The summed E-state index contributed by atoms with van der Waals surface area (Å²) in [5, 5.41) is 0.478. The standard InChI is InChI=1S/C11H17NOS/c1-3-9(8-12)14-11-7-5-4-6-10(11)13-2/h4-7,9H,3,8,12H2,1-2H3. The lowest BCUT2D eigenvalue weighted by Gasteiger charge is -2.13. The molecule has 0 bridgehead atoms. The predicted octanol–water partition coefficient (Wildman–Crippen LogP) is 2.52. The van der Waals surface area contributed by atoms with E-state index in [1.807, 2.05) is 18.2 Å². The normalized spacial score (nSPS) is 12.5. The molecule has 14 heavy (non-hydrogen) atoms. The highest BCUT2D eigenvalue weighted by molar-refractivity contribution is 8.00. The fourth-order valence-electron chi connectivity index (χ4n) is 1.19. The molecule has 0 aliphatic heterocycles. The molecule has 0 aliphatic rings. The first-order valence-corrected chi connectivity index (χ1v) is 5.69. The monoisotopic (exact) mass is 211 g/mol. The van der Waals surface area contributed by atoms with Gasteiger partial charge in [0, 0.05) is 16.7 Å². The van der Waals surface area contributed by atoms with Crippen LogP contribution < -0.4 is 10.5 Å². The summed E-state index contributed by atoms with van der Waals surface area (Å²) in [6, 6.07) is 8.05. The summed E-state index contributed by atoms with van der Waals surface area (Å²) >= 11 is 1.79. The fourth-order valence-corrected chi connectivity index (χ4v) is 2.24. The van der Waals surface area contributed by atoms with Crippen molar-refractivity contribution in [3.63, 3.8) is 0 Å².